The van der Waals surface area contributed by atoms with E-state index in [9.17, 15) is 0 Å². The van der Waals surface area contributed by atoms with Crippen LogP contribution in [0.5, 0.6) is 0 Å². The first kappa shape index (κ1) is 17.7. The van der Waals surface area contributed by atoms with Gasteiger partial charge in [-0.05, 0) is 53.5 Å². The Morgan fingerprint density at radius 2 is 1.44 bits per heavy atom. The van der Waals surface area contributed by atoms with Crippen molar-refractivity contribution in [1.82, 2.24) is 0 Å². The van der Waals surface area contributed by atoms with E-state index in [4.69, 9.17) is 5.26 Å². The van der Waals surface area contributed by atoms with Crippen LogP contribution in [-0.4, -0.2) is 0 Å². The maximum absolute atomic E-state index is 8.95. The average molecular weight is 332 g/mol. The van der Waals surface area contributed by atoms with Crippen LogP contribution >= 0.6 is 0 Å². The summed E-state index contributed by atoms with van der Waals surface area (Å²) in [7, 11) is 0. The zero-order chi connectivity index (χ0) is 17.5. The van der Waals surface area contributed by atoms with Gasteiger partial charge in [0.15, 0.2) is 0 Å². The Labute approximate surface area is 152 Å². The van der Waals surface area contributed by atoms with Gasteiger partial charge in [-0.15, -0.1) is 0 Å². The van der Waals surface area contributed by atoms with E-state index in [2.05, 4.69) is 37.3 Å². The SMILES string of the molecule is CCCCCC1(c2ccc(-c3ccc(C#N)cc3)cc2)CCCCC1. The van der Waals surface area contributed by atoms with Crippen molar-refractivity contribution in [3.8, 4) is 17.2 Å². The lowest BCUT2D eigenvalue weighted by molar-refractivity contribution is 0.266. The van der Waals surface area contributed by atoms with Crippen molar-refractivity contribution in [2.24, 2.45) is 0 Å². The van der Waals surface area contributed by atoms with E-state index in [0.717, 1.165) is 5.56 Å². The molecule has 0 spiro atoms. The van der Waals surface area contributed by atoms with Crippen molar-refractivity contribution in [3.63, 3.8) is 0 Å². The van der Waals surface area contributed by atoms with Gasteiger partial charge in [0.2, 0.25) is 0 Å². The van der Waals surface area contributed by atoms with Crippen LogP contribution in [0.2, 0.25) is 0 Å². The molecule has 130 valence electrons. The van der Waals surface area contributed by atoms with Crippen molar-refractivity contribution in [2.45, 2.75) is 70.1 Å². The summed E-state index contributed by atoms with van der Waals surface area (Å²) in [6.07, 6.45) is 12.2. The standard InChI is InChI=1S/C24H29N/c1-2-3-5-16-24(17-6-4-7-18-24)23-14-12-22(13-15-23)21-10-8-20(19-25)9-11-21/h8-15H,2-7,16-18H2,1H3. The monoisotopic (exact) mass is 331 g/mol. The molecule has 1 saturated carbocycles. The summed E-state index contributed by atoms with van der Waals surface area (Å²) in [5.74, 6) is 0. The lowest BCUT2D eigenvalue weighted by Gasteiger charge is -2.38. The van der Waals surface area contributed by atoms with Crippen LogP contribution in [0.3, 0.4) is 0 Å². The third-order valence-corrected chi connectivity index (χ3v) is 5.91. The highest BCUT2D eigenvalue weighted by molar-refractivity contribution is 5.64. The molecule has 0 atom stereocenters. The summed E-state index contributed by atoms with van der Waals surface area (Å²) in [6, 6.07) is 19.4. The van der Waals surface area contributed by atoms with Crippen molar-refractivity contribution < 1.29 is 0 Å². The second-order valence-electron chi connectivity index (χ2n) is 7.56. The van der Waals surface area contributed by atoms with E-state index in [-0.39, 0.29) is 0 Å². The number of nitrogens with zero attached hydrogens (tertiary/aromatic N) is 1. The number of nitriles is 1. The van der Waals surface area contributed by atoms with Crippen LogP contribution in [0.15, 0.2) is 48.5 Å². The predicted octanol–water partition coefficient (Wildman–Crippen LogP) is 7.01. The number of rotatable bonds is 6. The van der Waals surface area contributed by atoms with Crippen molar-refractivity contribution >= 4 is 0 Å². The minimum Gasteiger partial charge on any atom is -0.192 e. The third-order valence-electron chi connectivity index (χ3n) is 5.91. The molecule has 0 aromatic heterocycles. The fourth-order valence-corrected chi connectivity index (χ4v) is 4.38. The molecule has 1 fully saturated rings. The molecule has 0 heterocycles. The summed E-state index contributed by atoms with van der Waals surface area (Å²) in [5, 5.41) is 8.95. The molecule has 0 aliphatic heterocycles. The van der Waals surface area contributed by atoms with Crippen LogP contribution in [0, 0.1) is 11.3 Å². The van der Waals surface area contributed by atoms with Gasteiger partial charge in [-0.2, -0.15) is 5.26 Å². The highest BCUT2D eigenvalue weighted by atomic mass is 14.4. The molecular formula is C24H29N. The maximum Gasteiger partial charge on any atom is 0.0991 e. The van der Waals surface area contributed by atoms with Gasteiger partial charge in [0.25, 0.3) is 0 Å². The predicted molar refractivity (Wildman–Crippen MR) is 105 cm³/mol. The fraction of sp³-hybridized carbons (Fsp3) is 0.458. The molecule has 3 rings (SSSR count). The van der Waals surface area contributed by atoms with Crippen molar-refractivity contribution in [2.75, 3.05) is 0 Å². The van der Waals surface area contributed by atoms with E-state index in [1.807, 2.05) is 24.3 Å². The van der Waals surface area contributed by atoms with Gasteiger partial charge < -0.3 is 0 Å². The summed E-state index contributed by atoms with van der Waals surface area (Å²) < 4.78 is 0. The largest absolute Gasteiger partial charge is 0.192 e. The van der Waals surface area contributed by atoms with E-state index in [1.165, 1.54) is 68.9 Å². The van der Waals surface area contributed by atoms with Crippen LogP contribution in [0.1, 0.15) is 75.8 Å². The average Bonchev–Trinajstić information content (AvgIpc) is 2.69. The van der Waals surface area contributed by atoms with Gasteiger partial charge in [0.1, 0.15) is 0 Å². The second-order valence-corrected chi connectivity index (χ2v) is 7.56. The molecule has 1 aliphatic rings. The lowest BCUT2D eigenvalue weighted by Crippen LogP contribution is -2.29. The van der Waals surface area contributed by atoms with Crippen molar-refractivity contribution in [1.29, 1.82) is 5.26 Å². The summed E-state index contributed by atoms with van der Waals surface area (Å²) in [5.41, 5.74) is 5.11. The molecule has 2 aromatic rings. The fourth-order valence-electron chi connectivity index (χ4n) is 4.38. The Balaban J connectivity index is 1.81. The number of hydrogen-bond acceptors (Lipinski definition) is 1. The number of hydrogen-bond donors (Lipinski definition) is 0. The van der Waals surface area contributed by atoms with Gasteiger partial charge in [-0.25, -0.2) is 0 Å². The molecule has 1 aliphatic carbocycles. The van der Waals surface area contributed by atoms with Gasteiger partial charge >= 0.3 is 0 Å². The first-order chi connectivity index (χ1) is 12.3. The molecule has 25 heavy (non-hydrogen) atoms. The van der Waals surface area contributed by atoms with E-state index < -0.39 is 0 Å². The Morgan fingerprint density at radius 1 is 0.840 bits per heavy atom. The molecule has 2 aromatic carbocycles. The normalized spacial score (nSPS) is 16.3. The topological polar surface area (TPSA) is 23.8 Å². The minimum absolute atomic E-state index is 0.413. The Bertz CT molecular complexity index is 697. The molecular weight excluding hydrogens is 302 g/mol. The van der Waals surface area contributed by atoms with Gasteiger partial charge in [-0.3, -0.25) is 0 Å². The summed E-state index contributed by atoms with van der Waals surface area (Å²) >= 11 is 0. The summed E-state index contributed by atoms with van der Waals surface area (Å²) in [4.78, 5) is 0. The zero-order valence-electron chi connectivity index (χ0n) is 15.4. The number of unbranched alkanes of at least 4 members (excludes halogenated alkanes) is 2. The molecule has 0 saturated heterocycles. The third kappa shape index (κ3) is 4.13. The Morgan fingerprint density at radius 3 is 2.00 bits per heavy atom. The van der Waals surface area contributed by atoms with E-state index >= 15 is 0 Å². The lowest BCUT2D eigenvalue weighted by atomic mass is 9.66. The van der Waals surface area contributed by atoms with Gasteiger partial charge in [0.05, 0.1) is 11.6 Å². The second kappa shape index (κ2) is 8.34. The van der Waals surface area contributed by atoms with Crippen LogP contribution in [-0.2, 0) is 5.41 Å². The van der Waals surface area contributed by atoms with Crippen LogP contribution < -0.4 is 0 Å². The highest BCUT2D eigenvalue weighted by Crippen LogP contribution is 2.43. The Kier molecular flexibility index (Phi) is 5.92. The van der Waals surface area contributed by atoms with Crippen LogP contribution in [0.4, 0.5) is 0 Å². The molecule has 1 nitrogen and oxygen atoms in total. The minimum atomic E-state index is 0.413. The molecule has 0 unspecified atom stereocenters. The number of benzene rings is 2. The zero-order valence-corrected chi connectivity index (χ0v) is 15.4. The van der Waals surface area contributed by atoms with Gasteiger partial charge in [-0.1, -0.05) is 81.8 Å². The highest BCUT2D eigenvalue weighted by Gasteiger charge is 2.33. The van der Waals surface area contributed by atoms with Gasteiger partial charge in [0, 0.05) is 0 Å². The molecule has 0 amide bonds. The van der Waals surface area contributed by atoms with Crippen molar-refractivity contribution in [3.05, 3.63) is 59.7 Å². The first-order valence-corrected chi connectivity index (χ1v) is 9.88. The quantitative estimate of drug-likeness (QED) is 0.522. The van der Waals surface area contributed by atoms with E-state index in [0.29, 0.717) is 5.41 Å². The van der Waals surface area contributed by atoms with Crippen LogP contribution in [0.25, 0.3) is 11.1 Å². The molecule has 0 bridgehead atoms. The Hall–Kier alpha value is -2.07. The molecule has 0 radical (unpaired) electrons. The smallest absolute Gasteiger partial charge is 0.0991 e. The first-order valence-electron chi connectivity index (χ1n) is 9.88. The molecule has 0 N–H and O–H groups in total. The summed E-state index contributed by atoms with van der Waals surface area (Å²) in [6.45, 7) is 2.29. The molecule has 1 heteroatoms. The van der Waals surface area contributed by atoms with E-state index in [1.54, 1.807) is 5.56 Å². The maximum atomic E-state index is 8.95.